The number of aryl methyl sites for hydroxylation is 1. The highest BCUT2D eigenvalue weighted by molar-refractivity contribution is 7.89. The summed E-state index contributed by atoms with van der Waals surface area (Å²) in [5, 5.41) is 99.1. The number of sulfonamides is 1. The van der Waals surface area contributed by atoms with E-state index in [1.54, 1.807) is 19.1 Å². The normalized spacial score (nSPS) is 24.4. The van der Waals surface area contributed by atoms with Crippen molar-refractivity contribution < 1.29 is 91.6 Å². The monoisotopic (exact) mass is 1580 g/mol. The minimum atomic E-state index is -3.91. The Morgan fingerprint density at radius 2 is 1.29 bits per heavy atom. The first kappa shape index (κ1) is 81.2. The number of aliphatic hydroxyl groups is 2. The number of aromatic hydroxyl groups is 4. The Morgan fingerprint density at radius 1 is 0.652 bits per heavy atom. The van der Waals surface area contributed by atoms with Gasteiger partial charge in [-0.05, 0) is 220 Å². The Hall–Kier alpha value is -10.3. The summed E-state index contributed by atoms with van der Waals surface area (Å²) in [6.45, 7) is 7.79. The first-order chi connectivity index (χ1) is 53.5. The number of likely N-dealkylation sites (N-methyl/N-ethyl adjacent to an activating group) is 1. The highest BCUT2D eigenvalue weighted by atomic mass is 35.5. The van der Waals surface area contributed by atoms with Gasteiger partial charge in [0.15, 0.2) is 11.5 Å². The molecule has 4 saturated carbocycles. The fraction of sp³-hybridized carbons (Fsp3) is 0.450. The molecule has 112 heavy (non-hydrogen) atoms. The number of carbonyl (C=O) groups excluding carboxylic acids is 8. The molecule has 6 aromatic carbocycles. The van der Waals surface area contributed by atoms with Crippen LogP contribution in [0, 0.1) is 36.5 Å². The topological polar surface area (TPSA) is 466 Å². The number of fused-ring (bicyclic) bond motifs is 15. The molecule has 15 rings (SSSR count). The van der Waals surface area contributed by atoms with E-state index in [4.69, 9.17) is 31.5 Å². The van der Waals surface area contributed by atoms with Crippen molar-refractivity contribution in [3.63, 3.8) is 0 Å². The van der Waals surface area contributed by atoms with Gasteiger partial charge in [0.1, 0.15) is 83.0 Å². The van der Waals surface area contributed by atoms with Crippen molar-refractivity contribution in [3.8, 4) is 62.9 Å². The third-order valence-corrected chi connectivity index (χ3v) is 23.7. The summed E-state index contributed by atoms with van der Waals surface area (Å²) in [6, 6.07) is 7.32. The Morgan fingerprint density at radius 3 is 1.94 bits per heavy atom. The number of halogens is 1. The van der Waals surface area contributed by atoms with Gasteiger partial charge < -0.3 is 98.4 Å². The van der Waals surface area contributed by atoms with Crippen molar-refractivity contribution in [1.29, 1.82) is 0 Å². The van der Waals surface area contributed by atoms with Crippen molar-refractivity contribution in [2.24, 2.45) is 35.3 Å². The molecule has 15 bridgehead atoms. The average molecular weight is 1580 g/mol. The molecule has 0 aromatic heterocycles. The summed E-state index contributed by atoms with van der Waals surface area (Å²) >= 11 is 7.02. The second-order valence-electron chi connectivity index (χ2n) is 30.4. The van der Waals surface area contributed by atoms with E-state index in [1.165, 1.54) is 67.7 Å². The third-order valence-electron chi connectivity index (χ3n) is 21.9. The molecular weight excluding hydrogens is 1490 g/mol. The van der Waals surface area contributed by atoms with E-state index in [-0.39, 0.29) is 121 Å². The molecule has 0 radical (unpaired) electrons. The second kappa shape index (κ2) is 34.8. The number of amides is 8. The maximum absolute atomic E-state index is 16.0. The molecule has 9 atom stereocenters. The van der Waals surface area contributed by atoms with E-state index in [2.05, 4.69) is 59.5 Å². The van der Waals surface area contributed by atoms with Gasteiger partial charge in [0.05, 0.1) is 34.6 Å². The van der Waals surface area contributed by atoms with Crippen LogP contribution in [0.4, 0.5) is 0 Å². The standard InChI is InChI=1S/C80H96ClN11O19S/c1-6-7-10-23-109-48-14-16-49(17-15-48)112(107,108)85-22-9-8-21-84-37-52-57(94)35-51-63(72(52)98)50-31-42(11-18-56(50)93)65-76(102)92-69(80(106)90-67(51)78(104)87-64-45-27-40-26-41(29-45)30-46(64)28-40)71(97)44-13-20-59(53(81)32-44)111-61-34-47-33-60(73(61)99)110-58-19-12-43(25-39(58)4)70(96)68(91-74(100)54(83-5)24-38(2)3)79(105)86-55(36-62(82)95)75(101)88-66(47)77(103)89-65/h11-20,25,31-35,38,40-41,45-46,54-55,64-71,83-85,93-94,96-99H,6-10,21-24,26-30,36-37H2,1-5H3,(H2,82,95)(H,86,105)(H,87,104)(H,88,101)(H,89,103)(H,90,106)(H,91,100)(H,92,102)/t40?,41?,45?,46?,54-,55+,64?,65-,66-,67+,68-,69+,70-,71-/m1/s1. The van der Waals surface area contributed by atoms with Crippen molar-refractivity contribution in [3.05, 3.63) is 141 Å². The molecule has 5 aliphatic heterocycles. The largest absolute Gasteiger partial charge is 0.507 e. The van der Waals surface area contributed by atoms with Crippen molar-refractivity contribution in [2.75, 3.05) is 26.7 Å². The van der Waals surface area contributed by atoms with Crippen LogP contribution in [-0.4, -0.2) is 143 Å². The number of ether oxygens (including phenoxy) is 3. The lowest BCUT2D eigenvalue weighted by molar-refractivity contribution is -0.138. The van der Waals surface area contributed by atoms with Gasteiger partial charge in [-0.2, -0.15) is 0 Å². The summed E-state index contributed by atoms with van der Waals surface area (Å²) in [4.78, 5) is 120. The van der Waals surface area contributed by atoms with Crippen molar-refractivity contribution in [2.45, 2.75) is 177 Å². The third kappa shape index (κ3) is 18.1. The molecule has 4 aliphatic carbocycles. The zero-order chi connectivity index (χ0) is 80.1. The lowest BCUT2D eigenvalue weighted by atomic mass is 9.54. The van der Waals surface area contributed by atoms with Gasteiger partial charge in [0, 0.05) is 30.3 Å². The van der Waals surface area contributed by atoms with Crippen molar-refractivity contribution in [1.82, 2.24) is 52.6 Å². The number of phenolic OH excluding ortho intramolecular Hbond substituents is 4. The molecule has 0 saturated heterocycles. The minimum Gasteiger partial charge on any atom is -0.507 e. The molecule has 4 fully saturated rings. The minimum absolute atomic E-state index is 0.00863. The molecule has 0 spiro atoms. The van der Waals surface area contributed by atoms with Crippen LogP contribution in [0.2, 0.25) is 5.02 Å². The molecule has 8 amide bonds. The lowest BCUT2D eigenvalue weighted by Crippen LogP contribution is -2.59. The summed E-state index contributed by atoms with van der Waals surface area (Å²) in [5.74, 6) is -11.3. The maximum Gasteiger partial charge on any atom is 0.248 e. The van der Waals surface area contributed by atoms with Crippen LogP contribution in [0.5, 0.6) is 51.7 Å². The molecule has 6 aromatic rings. The average Bonchev–Trinajstić information content (AvgIpc) is 0.738. The SMILES string of the molecule is CCCCCOc1ccc(S(=O)(=O)NCCCCNCc2c(O)cc3c(c2O)-c2cc(ccc2O)[C@H]2NC(=O)[C@@H]4NC(=O)[C@H](CC(N)=O)NC(=O)[C@H](NC(=O)[C@@H](CC(C)C)NC)[C@H](O)c5ccc(c(C)c5)Oc5cc4cc(c5O)Oc4ccc(cc4Cl)[C@@H](O)[C@H](NC2=O)C(=O)N[C@@H]3C(=O)NC2C3CC4CC(C3)CC2C4)cc1. The number of nitrogens with one attached hydrogen (secondary N) is 10. The highest BCUT2D eigenvalue weighted by Crippen LogP contribution is 2.55. The molecule has 32 heteroatoms. The van der Waals surface area contributed by atoms with Crippen LogP contribution in [0.1, 0.15) is 167 Å². The van der Waals surface area contributed by atoms with Gasteiger partial charge in [-0.25, -0.2) is 13.1 Å². The second-order valence-corrected chi connectivity index (χ2v) is 32.6. The highest BCUT2D eigenvalue weighted by Gasteiger charge is 2.50. The van der Waals surface area contributed by atoms with Gasteiger partial charge in [0.2, 0.25) is 63.0 Å². The zero-order valence-corrected chi connectivity index (χ0v) is 64.1. The van der Waals surface area contributed by atoms with E-state index in [9.17, 15) is 53.4 Å². The van der Waals surface area contributed by atoms with Gasteiger partial charge in [0.25, 0.3) is 0 Å². The Balaban J connectivity index is 0.949. The number of rotatable bonds is 23. The van der Waals surface area contributed by atoms with Crippen LogP contribution in [-0.2, 0) is 54.9 Å². The fourth-order valence-corrected chi connectivity index (χ4v) is 17.6. The van der Waals surface area contributed by atoms with Gasteiger partial charge in [-0.1, -0.05) is 63.4 Å². The molecule has 0 unspecified atom stereocenters. The predicted octanol–water partition coefficient (Wildman–Crippen LogP) is 6.32. The molecule has 5 heterocycles. The number of primary amides is 1. The number of hydrogen-bond acceptors (Lipinski definition) is 21. The Labute approximate surface area is 652 Å². The van der Waals surface area contributed by atoms with Crippen molar-refractivity contribution >= 4 is 68.9 Å². The predicted molar refractivity (Wildman–Crippen MR) is 409 cm³/mol. The van der Waals surface area contributed by atoms with E-state index in [1.807, 2.05) is 13.8 Å². The van der Waals surface area contributed by atoms with Crippen LogP contribution in [0.25, 0.3) is 11.1 Å². The first-order valence-corrected chi connectivity index (χ1v) is 39.7. The van der Waals surface area contributed by atoms with E-state index in [0.29, 0.717) is 37.0 Å². The summed E-state index contributed by atoms with van der Waals surface area (Å²) < 4.78 is 47.7. The van der Waals surface area contributed by atoms with Gasteiger partial charge in [-0.15, -0.1) is 0 Å². The number of hydrogen-bond donors (Lipinski definition) is 17. The van der Waals surface area contributed by atoms with Gasteiger partial charge in [-0.3, -0.25) is 38.4 Å². The van der Waals surface area contributed by atoms with Crippen LogP contribution < -0.4 is 72.5 Å². The molecule has 598 valence electrons. The summed E-state index contributed by atoms with van der Waals surface area (Å²) in [6.07, 6.45) is 3.36. The molecule has 18 N–H and O–H groups in total. The zero-order valence-electron chi connectivity index (χ0n) is 62.6. The summed E-state index contributed by atoms with van der Waals surface area (Å²) in [5.41, 5.74) is 4.25. The number of benzene rings is 6. The Kier molecular flexibility index (Phi) is 25.2. The summed E-state index contributed by atoms with van der Waals surface area (Å²) in [7, 11) is -2.39. The van der Waals surface area contributed by atoms with E-state index >= 15 is 24.0 Å². The smallest absolute Gasteiger partial charge is 0.248 e. The number of carbonyl (C=O) groups is 8. The van der Waals surface area contributed by atoms with E-state index in [0.717, 1.165) is 75.6 Å². The maximum atomic E-state index is 16.0. The quantitative estimate of drug-likeness (QED) is 0.0312. The van der Waals surface area contributed by atoms with E-state index < -0.39 is 153 Å². The van der Waals surface area contributed by atoms with Crippen LogP contribution >= 0.6 is 11.6 Å². The number of unbranched alkanes of at least 4 members (excludes halogenated alkanes) is 3. The first-order valence-electron chi connectivity index (χ1n) is 37.9. The van der Waals surface area contributed by atoms with Crippen LogP contribution in [0.15, 0.2) is 102 Å². The van der Waals surface area contributed by atoms with Gasteiger partial charge >= 0.3 is 0 Å². The number of aliphatic hydroxyl groups excluding tert-OH is 2. The number of phenols is 4. The molecular formula is C80H96ClN11O19S. The lowest BCUT2D eigenvalue weighted by Gasteiger charge is -2.54. The fourth-order valence-electron chi connectivity index (χ4n) is 16.3. The number of nitrogens with two attached hydrogens (primary N) is 1. The van der Waals surface area contributed by atoms with Crippen LogP contribution in [0.3, 0.4) is 0 Å². The molecule has 30 nitrogen and oxygen atoms in total. The molecule has 9 aliphatic rings. The Bertz CT molecular complexity index is 4690.